The average Bonchev–Trinajstić information content (AvgIpc) is 3.24. The van der Waals surface area contributed by atoms with Gasteiger partial charge in [-0.05, 0) is 49.1 Å². The molecular weight excluding hydrogens is 392 g/mol. The minimum atomic E-state index is -3.86. The van der Waals surface area contributed by atoms with E-state index < -0.39 is 16.1 Å². The molecule has 0 bridgehead atoms. The summed E-state index contributed by atoms with van der Waals surface area (Å²) in [5, 5.41) is 2.84. The Morgan fingerprint density at radius 2 is 1.79 bits per heavy atom. The molecule has 0 saturated carbocycles. The minimum absolute atomic E-state index is 0.0714. The number of carbonyl (C=O) groups excluding carboxylic acids is 1. The lowest BCUT2D eigenvalue weighted by Crippen LogP contribution is -2.43. The molecule has 1 heterocycles. The molecule has 1 N–H and O–H groups in total. The standard InChI is InChI=1S/C21H26N2O5S/c1-4-15-7-9-16(10-8-15)22-21(24)18-6-5-13-23(18)29(25,26)17-11-12-19(27-2)20(14-17)28-3/h7-12,14,18H,4-6,13H2,1-3H3,(H,22,24). The van der Waals surface area contributed by atoms with Crippen molar-refractivity contribution in [1.29, 1.82) is 0 Å². The third kappa shape index (κ3) is 4.38. The van der Waals surface area contributed by atoms with Gasteiger partial charge in [0.15, 0.2) is 11.5 Å². The highest BCUT2D eigenvalue weighted by atomic mass is 32.2. The average molecular weight is 419 g/mol. The van der Waals surface area contributed by atoms with Crippen LogP contribution >= 0.6 is 0 Å². The van der Waals surface area contributed by atoms with E-state index in [1.807, 2.05) is 24.3 Å². The van der Waals surface area contributed by atoms with Crippen LogP contribution in [0.3, 0.4) is 0 Å². The van der Waals surface area contributed by atoms with Crippen LogP contribution in [0.2, 0.25) is 0 Å². The lowest BCUT2D eigenvalue weighted by molar-refractivity contribution is -0.119. The van der Waals surface area contributed by atoms with Crippen LogP contribution in [0.5, 0.6) is 11.5 Å². The van der Waals surface area contributed by atoms with Gasteiger partial charge in [0.25, 0.3) is 0 Å². The van der Waals surface area contributed by atoms with Crippen LogP contribution in [-0.2, 0) is 21.2 Å². The largest absolute Gasteiger partial charge is 0.493 e. The van der Waals surface area contributed by atoms with Gasteiger partial charge in [0.05, 0.1) is 19.1 Å². The number of benzene rings is 2. The molecule has 1 atom stereocenters. The van der Waals surface area contributed by atoms with Crippen LogP contribution in [0.15, 0.2) is 47.4 Å². The fourth-order valence-electron chi connectivity index (χ4n) is 3.45. The number of nitrogens with one attached hydrogen (secondary N) is 1. The second-order valence-corrected chi connectivity index (χ2v) is 8.72. The van der Waals surface area contributed by atoms with Gasteiger partial charge >= 0.3 is 0 Å². The van der Waals surface area contributed by atoms with Crippen LogP contribution in [-0.4, -0.2) is 45.4 Å². The van der Waals surface area contributed by atoms with Gasteiger partial charge < -0.3 is 14.8 Å². The molecule has 7 nitrogen and oxygen atoms in total. The van der Waals surface area contributed by atoms with Crippen molar-refractivity contribution in [3.8, 4) is 11.5 Å². The summed E-state index contributed by atoms with van der Waals surface area (Å²) in [6.07, 6.45) is 2.01. The van der Waals surface area contributed by atoms with Gasteiger partial charge in [-0.3, -0.25) is 4.79 Å². The van der Waals surface area contributed by atoms with Crippen LogP contribution in [0.25, 0.3) is 0 Å². The van der Waals surface area contributed by atoms with Crippen LogP contribution in [0, 0.1) is 0 Å². The number of methoxy groups -OCH3 is 2. The van der Waals surface area contributed by atoms with E-state index in [2.05, 4.69) is 12.2 Å². The summed E-state index contributed by atoms with van der Waals surface area (Å²) in [6, 6.07) is 11.2. The maximum absolute atomic E-state index is 13.2. The second kappa shape index (κ2) is 8.84. The van der Waals surface area contributed by atoms with E-state index in [9.17, 15) is 13.2 Å². The molecule has 29 heavy (non-hydrogen) atoms. The Hall–Kier alpha value is -2.58. The molecule has 3 rings (SSSR count). The molecular formula is C21H26N2O5S. The molecule has 2 aromatic rings. The highest BCUT2D eigenvalue weighted by Gasteiger charge is 2.39. The zero-order valence-electron chi connectivity index (χ0n) is 16.8. The number of carbonyl (C=O) groups is 1. The maximum Gasteiger partial charge on any atom is 0.243 e. The molecule has 1 amide bonds. The number of rotatable bonds is 7. The predicted octanol–water partition coefficient (Wildman–Crippen LogP) is 3.06. The van der Waals surface area contributed by atoms with E-state index in [1.165, 1.54) is 36.2 Å². The molecule has 2 aromatic carbocycles. The predicted molar refractivity (Wildman–Crippen MR) is 111 cm³/mol. The molecule has 1 fully saturated rings. The van der Waals surface area contributed by atoms with E-state index in [0.717, 1.165) is 6.42 Å². The summed E-state index contributed by atoms with van der Waals surface area (Å²) in [7, 11) is -0.922. The summed E-state index contributed by atoms with van der Waals surface area (Å²) < 4.78 is 38.1. The molecule has 0 radical (unpaired) electrons. The summed E-state index contributed by atoms with van der Waals surface area (Å²) in [6.45, 7) is 2.35. The minimum Gasteiger partial charge on any atom is -0.493 e. The normalized spacial score (nSPS) is 17.1. The molecule has 1 saturated heterocycles. The number of hydrogen-bond donors (Lipinski definition) is 1. The Morgan fingerprint density at radius 1 is 1.10 bits per heavy atom. The summed E-state index contributed by atoms with van der Waals surface area (Å²) >= 11 is 0. The van der Waals surface area contributed by atoms with Crippen molar-refractivity contribution in [2.24, 2.45) is 0 Å². The molecule has 1 aliphatic heterocycles. The number of amides is 1. The maximum atomic E-state index is 13.2. The van der Waals surface area contributed by atoms with Crippen molar-refractivity contribution in [2.45, 2.75) is 37.1 Å². The number of anilines is 1. The first-order chi connectivity index (χ1) is 13.9. The summed E-state index contributed by atoms with van der Waals surface area (Å²) in [4.78, 5) is 12.9. The Kier molecular flexibility index (Phi) is 6.44. The van der Waals surface area contributed by atoms with Crippen LogP contribution < -0.4 is 14.8 Å². The zero-order chi connectivity index (χ0) is 21.0. The van der Waals surface area contributed by atoms with Crippen molar-refractivity contribution < 1.29 is 22.7 Å². The van der Waals surface area contributed by atoms with E-state index in [4.69, 9.17) is 9.47 Å². The number of aryl methyl sites for hydroxylation is 1. The Balaban J connectivity index is 1.82. The number of hydrogen-bond acceptors (Lipinski definition) is 5. The summed E-state index contributed by atoms with van der Waals surface area (Å²) in [5.74, 6) is 0.443. The summed E-state index contributed by atoms with van der Waals surface area (Å²) in [5.41, 5.74) is 1.82. The lowest BCUT2D eigenvalue weighted by Gasteiger charge is -2.24. The lowest BCUT2D eigenvalue weighted by atomic mass is 10.1. The molecule has 1 aliphatic rings. The second-order valence-electron chi connectivity index (χ2n) is 6.83. The zero-order valence-corrected chi connectivity index (χ0v) is 17.7. The van der Waals surface area contributed by atoms with Gasteiger partial charge in [0.1, 0.15) is 6.04 Å². The van der Waals surface area contributed by atoms with Gasteiger partial charge in [-0.2, -0.15) is 4.31 Å². The third-order valence-electron chi connectivity index (χ3n) is 5.10. The highest BCUT2D eigenvalue weighted by molar-refractivity contribution is 7.89. The van der Waals surface area contributed by atoms with Crippen LogP contribution in [0.4, 0.5) is 5.69 Å². The first-order valence-corrected chi connectivity index (χ1v) is 11.0. The van der Waals surface area contributed by atoms with Gasteiger partial charge in [-0.15, -0.1) is 0 Å². The quantitative estimate of drug-likeness (QED) is 0.747. The van der Waals surface area contributed by atoms with Gasteiger partial charge in [-0.25, -0.2) is 8.42 Å². The molecule has 0 spiro atoms. The molecule has 0 aromatic heterocycles. The van der Waals surface area contributed by atoms with E-state index in [-0.39, 0.29) is 10.8 Å². The van der Waals surface area contributed by atoms with Gasteiger partial charge in [0, 0.05) is 18.3 Å². The van der Waals surface area contributed by atoms with Crippen molar-refractivity contribution >= 4 is 21.6 Å². The molecule has 8 heteroatoms. The molecule has 156 valence electrons. The fraction of sp³-hybridized carbons (Fsp3) is 0.381. The fourth-order valence-corrected chi connectivity index (χ4v) is 5.12. The number of nitrogens with zero attached hydrogens (tertiary/aromatic N) is 1. The molecule has 1 unspecified atom stereocenters. The molecule has 0 aliphatic carbocycles. The van der Waals surface area contributed by atoms with E-state index in [1.54, 1.807) is 6.07 Å². The third-order valence-corrected chi connectivity index (χ3v) is 7.00. The van der Waals surface area contributed by atoms with Crippen LogP contribution in [0.1, 0.15) is 25.3 Å². The van der Waals surface area contributed by atoms with E-state index >= 15 is 0 Å². The van der Waals surface area contributed by atoms with Crippen molar-refractivity contribution in [1.82, 2.24) is 4.31 Å². The SMILES string of the molecule is CCc1ccc(NC(=O)C2CCCN2S(=O)(=O)c2ccc(OC)c(OC)c2)cc1. The van der Waals surface area contributed by atoms with Gasteiger partial charge in [0.2, 0.25) is 15.9 Å². The first-order valence-electron chi connectivity index (χ1n) is 9.54. The number of ether oxygens (including phenoxy) is 2. The first kappa shape index (κ1) is 21.1. The van der Waals surface area contributed by atoms with Gasteiger partial charge in [-0.1, -0.05) is 19.1 Å². The topological polar surface area (TPSA) is 84.9 Å². The van der Waals surface area contributed by atoms with Crippen molar-refractivity contribution in [3.05, 3.63) is 48.0 Å². The Morgan fingerprint density at radius 3 is 2.41 bits per heavy atom. The van der Waals surface area contributed by atoms with Crippen molar-refractivity contribution in [2.75, 3.05) is 26.1 Å². The van der Waals surface area contributed by atoms with Crippen molar-refractivity contribution in [3.63, 3.8) is 0 Å². The Labute approximate surface area is 171 Å². The Bertz CT molecular complexity index is 973. The highest BCUT2D eigenvalue weighted by Crippen LogP contribution is 2.33. The monoisotopic (exact) mass is 418 g/mol. The number of sulfonamides is 1. The van der Waals surface area contributed by atoms with E-state index in [0.29, 0.717) is 36.6 Å². The smallest absolute Gasteiger partial charge is 0.243 e.